The van der Waals surface area contributed by atoms with Crippen LogP contribution in [-0.4, -0.2) is 12.5 Å². The van der Waals surface area contributed by atoms with Crippen LogP contribution in [0.25, 0.3) is 0 Å². The molecule has 2 N–H and O–H groups in total. The third kappa shape index (κ3) is 3.36. The van der Waals surface area contributed by atoms with E-state index in [2.05, 4.69) is 26.6 Å². The molecule has 0 heterocycles. The van der Waals surface area contributed by atoms with Crippen molar-refractivity contribution in [2.24, 2.45) is 0 Å². The summed E-state index contributed by atoms with van der Waals surface area (Å²) in [6.07, 6.45) is 0. The second-order valence-corrected chi connectivity index (χ2v) is 5.01. The Kier molecular flexibility index (Phi) is 4.74. The lowest BCUT2D eigenvalue weighted by atomic mass is 10.1. The highest BCUT2D eigenvalue weighted by Crippen LogP contribution is 2.24. The lowest BCUT2D eigenvalue weighted by molar-refractivity contribution is 0.102. The highest BCUT2D eigenvalue weighted by molar-refractivity contribution is 9.10. The standard InChI is InChI=1S/C15H14BrFN2O/c1-2-18-13-6-4-3-5-11(13)15(20)19-14-8-7-10(17)9-12(14)16/h3-9,18H,2H2,1H3,(H,19,20). The van der Waals surface area contributed by atoms with Crippen LogP contribution in [0.1, 0.15) is 17.3 Å². The molecule has 2 aromatic rings. The number of rotatable bonds is 4. The second kappa shape index (κ2) is 6.52. The number of nitrogens with one attached hydrogen (secondary N) is 2. The maximum absolute atomic E-state index is 13.0. The van der Waals surface area contributed by atoms with Gasteiger partial charge in [0, 0.05) is 16.7 Å². The Hall–Kier alpha value is -1.88. The molecule has 2 aromatic carbocycles. The predicted molar refractivity (Wildman–Crippen MR) is 82.7 cm³/mol. The van der Waals surface area contributed by atoms with E-state index in [4.69, 9.17) is 0 Å². The topological polar surface area (TPSA) is 41.1 Å². The maximum atomic E-state index is 13.0. The van der Waals surface area contributed by atoms with Crippen LogP contribution in [0.15, 0.2) is 46.9 Å². The minimum absolute atomic E-state index is 0.242. The molecule has 1 amide bonds. The Morgan fingerprint density at radius 2 is 1.95 bits per heavy atom. The first-order valence-corrected chi connectivity index (χ1v) is 7.00. The summed E-state index contributed by atoms with van der Waals surface area (Å²) in [5.41, 5.74) is 1.85. The molecule has 0 bridgehead atoms. The lowest BCUT2D eigenvalue weighted by Crippen LogP contribution is -2.15. The molecule has 0 fully saturated rings. The molecule has 5 heteroatoms. The number of carbonyl (C=O) groups excluding carboxylic acids is 1. The fourth-order valence-corrected chi connectivity index (χ4v) is 2.26. The van der Waals surface area contributed by atoms with Crippen molar-refractivity contribution < 1.29 is 9.18 Å². The SMILES string of the molecule is CCNc1ccccc1C(=O)Nc1ccc(F)cc1Br. The zero-order valence-electron chi connectivity index (χ0n) is 10.9. The largest absolute Gasteiger partial charge is 0.385 e. The van der Waals surface area contributed by atoms with Crippen molar-refractivity contribution >= 4 is 33.2 Å². The Bertz CT molecular complexity index is 631. The molecule has 104 valence electrons. The maximum Gasteiger partial charge on any atom is 0.257 e. The zero-order chi connectivity index (χ0) is 14.5. The number of para-hydroxylation sites is 1. The van der Waals surface area contributed by atoms with Gasteiger partial charge in [-0.25, -0.2) is 4.39 Å². The van der Waals surface area contributed by atoms with E-state index in [-0.39, 0.29) is 11.7 Å². The van der Waals surface area contributed by atoms with Crippen LogP contribution in [0.5, 0.6) is 0 Å². The van der Waals surface area contributed by atoms with Gasteiger partial charge in [0.25, 0.3) is 5.91 Å². The van der Waals surface area contributed by atoms with E-state index >= 15 is 0 Å². The van der Waals surface area contributed by atoms with E-state index in [0.29, 0.717) is 15.7 Å². The molecule has 3 nitrogen and oxygen atoms in total. The summed E-state index contributed by atoms with van der Waals surface area (Å²) in [7, 11) is 0. The third-order valence-corrected chi connectivity index (χ3v) is 3.37. The van der Waals surface area contributed by atoms with Gasteiger partial charge in [0.15, 0.2) is 0 Å². The fraction of sp³-hybridized carbons (Fsp3) is 0.133. The van der Waals surface area contributed by atoms with Gasteiger partial charge in [-0.1, -0.05) is 12.1 Å². The van der Waals surface area contributed by atoms with Crippen LogP contribution in [0.3, 0.4) is 0 Å². The first kappa shape index (κ1) is 14.5. The Morgan fingerprint density at radius 1 is 1.20 bits per heavy atom. The summed E-state index contributed by atoms with van der Waals surface area (Å²) < 4.78 is 13.5. The number of amides is 1. The number of halogens is 2. The van der Waals surface area contributed by atoms with Crippen molar-refractivity contribution in [3.63, 3.8) is 0 Å². The van der Waals surface area contributed by atoms with Crippen molar-refractivity contribution in [2.45, 2.75) is 6.92 Å². The molecule has 0 atom stereocenters. The van der Waals surface area contributed by atoms with Crippen LogP contribution in [-0.2, 0) is 0 Å². The Morgan fingerprint density at radius 3 is 2.65 bits per heavy atom. The highest BCUT2D eigenvalue weighted by Gasteiger charge is 2.12. The third-order valence-electron chi connectivity index (χ3n) is 2.72. The van der Waals surface area contributed by atoms with E-state index in [1.807, 2.05) is 19.1 Å². The number of hydrogen-bond donors (Lipinski definition) is 2. The normalized spacial score (nSPS) is 10.2. The molecule has 0 saturated carbocycles. The molecule has 0 saturated heterocycles. The molecule has 0 aliphatic heterocycles. The Labute approximate surface area is 125 Å². The fourth-order valence-electron chi connectivity index (χ4n) is 1.81. The average molecular weight is 337 g/mol. The molecule has 0 aromatic heterocycles. The molecule has 2 rings (SSSR count). The summed E-state index contributed by atoms with van der Waals surface area (Å²) >= 11 is 3.23. The predicted octanol–water partition coefficient (Wildman–Crippen LogP) is 4.27. The second-order valence-electron chi connectivity index (χ2n) is 4.15. The van der Waals surface area contributed by atoms with Gasteiger partial charge < -0.3 is 10.6 Å². The Balaban J connectivity index is 2.24. The lowest BCUT2D eigenvalue weighted by Gasteiger charge is -2.12. The van der Waals surface area contributed by atoms with Crippen LogP contribution in [0.4, 0.5) is 15.8 Å². The first-order valence-electron chi connectivity index (χ1n) is 6.21. The van der Waals surface area contributed by atoms with Crippen molar-refractivity contribution in [1.82, 2.24) is 0 Å². The van der Waals surface area contributed by atoms with E-state index in [0.717, 1.165) is 12.2 Å². The molecular formula is C15H14BrFN2O. The number of carbonyl (C=O) groups is 1. The molecule has 0 radical (unpaired) electrons. The number of hydrogen-bond acceptors (Lipinski definition) is 2. The van der Waals surface area contributed by atoms with Crippen molar-refractivity contribution in [2.75, 3.05) is 17.2 Å². The van der Waals surface area contributed by atoms with Crippen molar-refractivity contribution in [3.8, 4) is 0 Å². The van der Waals surface area contributed by atoms with Crippen LogP contribution in [0.2, 0.25) is 0 Å². The highest BCUT2D eigenvalue weighted by atomic mass is 79.9. The van der Waals surface area contributed by atoms with Gasteiger partial charge in [-0.3, -0.25) is 4.79 Å². The van der Waals surface area contributed by atoms with Gasteiger partial charge in [-0.2, -0.15) is 0 Å². The summed E-state index contributed by atoms with van der Waals surface area (Å²) in [6.45, 7) is 2.69. The monoisotopic (exact) mass is 336 g/mol. The van der Waals surface area contributed by atoms with Gasteiger partial charge in [-0.05, 0) is 53.2 Å². The van der Waals surface area contributed by atoms with E-state index < -0.39 is 0 Å². The number of benzene rings is 2. The molecule has 0 aliphatic rings. The van der Waals surface area contributed by atoms with Gasteiger partial charge >= 0.3 is 0 Å². The summed E-state index contributed by atoms with van der Waals surface area (Å²) in [5, 5.41) is 5.89. The summed E-state index contributed by atoms with van der Waals surface area (Å²) in [4.78, 5) is 12.3. The van der Waals surface area contributed by atoms with Gasteiger partial charge in [0.2, 0.25) is 0 Å². The van der Waals surface area contributed by atoms with E-state index in [1.54, 1.807) is 12.1 Å². The van der Waals surface area contributed by atoms with Crippen LogP contribution in [0, 0.1) is 5.82 Å². The first-order chi connectivity index (χ1) is 9.61. The molecule has 0 unspecified atom stereocenters. The van der Waals surface area contributed by atoms with Gasteiger partial charge in [-0.15, -0.1) is 0 Å². The molecule has 0 aliphatic carbocycles. The summed E-state index contributed by atoms with van der Waals surface area (Å²) in [6, 6.07) is 11.4. The van der Waals surface area contributed by atoms with E-state index in [9.17, 15) is 9.18 Å². The van der Waals surface area contributed by atoms with Crippen LogP contribution >= 0.6 is 15.9 Å². The summed E-state index contributed by atoms with van der Waals surface area (Å²) in [5.74, 6) is -0.600. The zero-order valence-corrected chi connectivity index (χ0v) is 12.5. The van der Waals surface area contributed by atoms with Gasteiger partial charge in [0.1, 0.15) is 5.82 Å². The van der Waals surface area contributed by atoms with Crippen molar-refractivity contribution in [3.05, 3.63) is 58.3 Å². The molecule has 0 spiro atoms. The smallest absolute Gasteiger partial charge is 0.257 e. The number of anilines is 2. The van der Waals surface area contributed by atoms with Gasteiger partial charge in [0.05, 0.1) is 11.3 Å². The van der Waals surface area contributed by atoms with E-state index in [1.165, 1.54) is 18.2 Å². The quantitative estimate of drug-likeness (QED) is 0.875. The molecular weight excluding hydrogens is 323 g/mol. The minimum Gasteiger partial charge on any atom is -0.385 e. The average Bonchev–Trinajstić information content (AvgIpc) is 2.43. The van der Waals surface area contributed by atoms with Crippen LogP contribution < -0.4 is 10.6 Å². The molecule has 20 heavy (non-hydrogen) atoms. The minimum atomic E-state index is -0.358. The van der Waals surface area contributed by atoms with Crippen molar-refractivity contribution in [1.29, 1.82) is 0 Å².